The lowest BCUT2D eigenvalue weighted by Crippen LogP contribution is -2.60. The third-order valence-corrected chi connectivity index (χ3v) is 13.0. The number of ether oxygens (including phenoxy) is 2. The highest BCUT2D eigenvalue weighted by Crippen LogP contribution is 2.67. The molecule has 13 atom stereocenters. The molecule has 1 saturated heterocycles. The summed E-state index contributed by atoms with van der Waals surface area (Å²) >= 11 is 0. The molecule has 234 valence electrons. The van der Waals surface area contributed by atoms with Crippen LogP contribution in [-0.4, -0.2) is 63.8 Å². The molecular weight excluding hydrogens is 516 g/mol. The first-order valence-corrected chi connectivity index (χ1v) is 16.7. The lowest BCUT2D eigenvalue weighted by atomic mass is 9.47. The fourth-order valence-electron chi connectivity index (χ4n) is 10.5. The van der Waals surface area contributed by atoms with Gasteiger partial charge in [0.1, 0.15) is 24.4 Å². The van der Waals surface area contributed by atoms with Crippen molar-refractivity contribution in [3.8, 4) is 0 Å². The number of hydrogen-bond donors (Lipinski definition) is 4. The van der Waals surface area contributed by atoms with Gasteiger partial charge in [0.15, 0.2) is 6.29 Å². The van der Waals surface area contributed by atoms with E-state index in [0.717, 1.165) is 48.9 Å². The molecule has 0 aromatic carbocycles. The molecular formula is C35H58O6. The number of aliphatic hydroxyl groups excluding tert-OH is 4. The molecule has 0 amide bonds. The average molecular weight is 575 g/mol. The van der Waals surface area contributed by atoms with Crippen molar-refractivity contribution in [2.75, 3.05) is 6.61 Å². The predicted molar refractivity (Wildman–Crippen MR) is 161 cm³/mol. The van der Waals surface area contributed by atoms with Gasteiger partial charge in [-0.05, 0) is 117 Å². The Balaban J connectivity index is 1.24. The predicted octanol–water partition coefficient (Wildman–Crippen LogP) is 5.77. The summed E-state index contributed by atoms with van der Waals surface area (Å²) in [5, 5.41) is 40.4. The van der Waals surface area contributed by atoms with E-state index in [4.69, 9.17) is 9.47 Å². The van der Waals surface area contributed by atoms with Crippen molar-refractivity contribution in [1.82, 2.24) is 0 Å². The minimum atomic E-state index is -1.40. The Kier molecular flexibility index (Phi) is 9.51. The molecule has 1 heterocycles. The van der Waals surface area contributed by atoms with Crippen LogP contribution in [0.1, 0.15) is 106 Å². The lowest BCUT2D eigenvalue weighted by Gasteiger charge is -2.58. The van der Waals surface area contributed by atoms with E-state index in [9.17, 15) is 20.4 Å². The van der Waals surface area contributed by atoms with Crippen molar-refractivity contribution in [3.05, 3.63) is 23.3 Å². The van der Waals surface area contributed by atoms with Crippen molar-refractivity contribution in [2.24, 2.45) is 46.3 Å². The van der Waals surface area contributed by atoms with Crippen molar-refractivity contribution in [2.45, 2.75) is 143 Å². The highest BCUT2D eigenvalue weighted by molar-refractivity contribution is 5.25. The first kappa shape index (κ1) is 31.7. The second-order valence-corrected chi connectivity index (χ2v) is 15.2. The van der Waals surface area contributed by atoms with Gasteiger partial charge in [0, 0.05) is 0 Å². The average Bonchev–Trinajstić information content (AvgIpc) is 3.30. The minimum Gasteiger partial charge on any atom is -0.394 e. The maximum absolute atomic E-state index is 10.5. The summed E-state index contributed by atoms with van der Waals surface area (Å²) in [6.07, 6.45) is 10.6. The largest absolute Gasteiger partial charge is 0.394 e. The van der Waals surface area contributed by atoms with E-state index < -0.39 is 37.3 Å². The third kappa shape index (κ3) is 5.64. The third-order valence-electron chi connectivity index (χ3n) is 13.0. The molecule has 6 heteroatoms. The van der Waals surface area contributed by atoms with Gasteiger partial charge in [-0.3, -0.25) is 0 Å². The van der Waals surface area contributed by atoms with E-state index >= 15 is 0 Å². The molecule has 0 aromatic heterocycles. The Morgan fingerprint density at radius 2 is 1.78 bits per heavy atom. The van der Waals surface area contributed by atoms with E-state index in [1.807, 2.05) is 0 Å². The topological polar surface area (TPSA) is 99.4 Å². The van der Waals surface area contributed by atoms with E-state index in [2.05, 4.69) is 53.7 Å². The summed E-state index contributed by atoms with van der Waals surface area (Å²) < 4.78 is 11.9. The van der Waals surface area contributed by atoms with Crippen LogP contribution in [0.4, 0.5) is 0 Å². The monoisotopic (exact) mass is 574 g/mol. The van der Waals surface area contributed by atoms with Gasteiger partial charge >= 0.3 is 0 Å². The zero-order valence-electron chi connectivity index (χ0n) is 26.5. The van der Waals surface area contributed by atoms with Gasteiger partial charge in [0.05, 0.1) is 12.7 Å². The summed E-state index contributed by atoms with van der Waals surface area (Å²) in [6.45, 7) is 14.1. The Bertz CT molecular complexity index is 974. The fourth-order valence-corrected chi connectivity index (χ4v) is 10.5. The zero-order chi connectivity index (χ0) is 29.7. The summed E-state index contributed by atoms with van der Waals surface area (Å²) in [6, 6.07) is 0. The molecule has 1 aliphatic heterocycles. The van der Waals surface area contributed by atoms with Gasteiger partial charge in [-0.25, -0.2) is 0 Å². The molecule has 41 heavy (non-hydrogen) atoms. The molecule has 5 rings (SSSR count). The number of allylic oxidation sites excluding steroid dienone is 3. The van der Waals surface area contributed by atoms with E-state index in [-0.39, 0.29) is 11.5 Å². The van der Waals surface area contributed by atoms with Crippen molar-refractivity contribution >= 4 is 0 Å². The summed E-state index contributed by atoms with van der Waals surface area (Å²) in [5.41, 5.74) is 3.77. The number of rotatable bonds is 8. The standard InChI is InChI=1S/C35H58O6/c1-7-22(20(2)3)9-8-21(4)26-12-13-27-25-11-10-23-18-24(14-16-34(23,5)28(25)15-17-35(26,27)6)40-33-32(39)31(38)30(37)29(19-36)41-33/h7,10,20-21,24-33,36-39H,8-9,11-19H2,1-6H3/b22-7-/t21-,24-,25+,26-,27+,28+,29-,30-,31+,32-,33-,34+,35-/m1/s1. The van der Waals surface area contributed by atoms with Crippen LogP contribution in [-0.2, 0) is 9.47 Å². The molecule has 5 aliphatic rings. The first-order chi connectivity index (χ1) is 19.4. The molecule has 3 saturated carbocycles. The smallest absolute Gasteiger partial charge is 0.186 e. The quantitative estimate of drug-likeness (QED) is 0.275. The van der Waals surface area contributed by atoms with Gasteiger partial charge in [-0.2, -0.15) is 0 Å². The van der Waals surface area contributed by atoms with E-state index in [1.165, 1.54) is 50.5 Å². The van der Waals surface area contributed by atoms with Gasteiger partial charge < -0.3 is 29.9 Å². The zero-order valence-corrected chi connectivity index (χ0v) is 26.5. The van der Waals surface area contributed by atoms with Crippen molar-refractivity contribution in [1.29, 1.82) is 0 Å². The fraction of sp³-hybridized carbons (Fsp3) is 0.886. The number of aliphatic hydroxyl groups is 4. The Morgan fingerprint density at radius 1 is 1.02 bits per heavy atom. The lowest BCUT2D eigenvalue weighted by molar-refractivity contribution is -0.313. The molecule has 4 fully saturated rings. The molecule has 0 aromatic rings. The van der Waals surface area contributed by atoms with E-state index in [1.54, 1.807) is 5.57 Å². The second-order valence-electron chi connectivity index (χ2n) is 15.2. The summed E-state index contributed by atoms with van der Waals surface area (Å²) in [7, 11) is 0. The van der Waals surface area contributed by atoms with Gasteiger partial charge in [-0.15, -0.1) is 0 Å². The van der Waals surface area contributed by atoms with Crippen LogP contribution >= 0.6 is 0 Å². The molecule has 4 aliphatic carbocycles. The van der Waals surface area contributed by atoms with Gasteiger partial charge in [-0.1, -0.05) is 57.9 Å². The van der Waals surface area contributed by atoms with Crippen LogP contribution in [0.15, 0.2) is 23.3 Å². The van der Waals surface area contributed by atoms with Crippen molar-refractivity contribution < 1.29 is 29.9 Å². The first-order valence-electron chi connectivity index (χ1n) is 16.7. The molecule has 6 nitrogen and oxygen atoms in total. The summed E-state index contributed by atoms with van der Waals surface area (Å²) in [5.74, 6) is 4.56. The molecule has 0 bridgehead atoms. The maximum Gasteiger partial charge on any atom is 0.186 e. The van der Waals surface area contributed by atoms with Gasteiger partial charge in [0.25, 0.3) is 0 Å². The molecule has 0 radical (unpaired) electrons. The highest BCUT2D eigenvalue weighted by Gasteiger charge is 2.59. The van der Waals surface area contributed by atoms with Crippen LogP contribution in [0.3, 0.4) is 0 Å². The SMILES string of the molecule is C/C=C(/CC[C@@H](C)[C@H]1CC[C@H]2[C@@H]3CC=C4C[C@H](O[C@@H]5O[C@H](CO)[C@@H](O)[C@H](O)[C@H]5O)CC[C@]4(C)[C@H]3CC[C@]12C)C(C)C. The van der Waals surface area contributed by atoms with E-state index in [0.29, 0.717) is 11.3 Å². The Hall–Kier alpha value is -0.760. The van der Waals surface area contributed by atoms with Crippen molar-refractivity contribution in [3.63, 3.8) is 0 Å². The van der Waals surface area contributed by atoms with Crippen LogP contribution < -0.4 is 0 Å². The van der Waals surface area contributed by atoms with Gasteiger partial charge in [0.2, 0.25) is 0 Å². The van der Waals surface area contributed by atoms with Crippen LogP contribution in [0, 0.1) is 46.3 Å². The normalized spacial score (nSPS) is 47.4. The Morgan fingerprint density at radius 3 is 2.46 bits per heavy atom. The molecule has 0 spiro atoms. The van der Waals surface area contributed by atoms with Crippen LogP contribution in [0.2, 0.25) is 0 Å². The van der Waals surface area contributed by atoms with Crippen LogP contribution in [0.5, 0.6) is 0 Å². The van der Waals surface area contributed by atoms with Crippen LogP contribution in [0.25, 0.3) is 0 Å². The molecule has 0 unspecified atom stereocenters. The number of fused-ring (bicyclic) bond motifs is 5. The Labute approximate surface area is 248 Å². The maximum atomic E-state index is 10.5. The number of hydrogen-bond acceptors (Lipinski definition) is 6. The second kappa shape index (κ2) is 12.3. The highest BCUT2D eigenvalue weighted by atomic mass is 16.7. The molecule has 4 N–H and O–H groups in total. The summed E-state index contributed by atoms with van der Waals surface area (Å²) in [4.78, 5) is 0. The minimum absolute atomic E-state index is 0.106.